The van der Waals surface area contributed by atoms with Crippen molar-refractivity contribution < 1.29 is 23.9 Å². The van der Waals surface area contributed by atoms with Crippen molar-refractivity contribution in [1.29, 1.82) is 0 Å². The zero-order valence-corrected chi connectivity index (χ0v) is 16.5. The number of hydrogen-bond donors (Lipinski definition) is 2. The summed E-state index contributed by atoms with van der Waals surface area (Å²) in [5.74, 6) is -1.36. The average Bonchev–Trinajstić information content (AvgIpc) is 3.24. The summed E-state index contributed by atoms with van der Waals surface area (Å²) in [4.78, 5) is 50.5. The van der Waals surface area contributed by atoms with Gasteiger partial charge < -0.3 is 15.4 Å². The van der Waals surface area contributed by atoms with Crippen LogP contribution in [-0.4, -0.2) is 53.7 Å². The minimum atomic E-state index is -0.786. The predicted molar refractivity (Wildman–Crippen MR) is 104 cm³/mol. The van der Waals surface area contributed by atoms with E-state index in [1.807, 2.05) is 18.4 Å². The summed E-state index contributed by atoms with van der Waals surface area (Å²) < 4.78 is 4.97. The normalized spacial score (nSPS) is 17.7. The van der Waals surface area contributed by atoms with Gasteiger partial charge >= 0.3 is 12.0 Å². The Kier molecular flexibility index (Phi) is 6.23. The molecule has 1 aliphatic carbocycles. The third-order valence-corrected chi connectivity index (χ3v) is 5.78. The highest BCUT2D eigenvalue weighted by Crippen LogP contribution is 2.35. The lowest BCUT2D eigenvalue weighted by Crippen LogP contribution is -2.44. The first-order valence-corrected chi connectivity index (χ1v) is 10.4. The number of hydrogen-bond acceptors (Lipinski definition) is 6. The van der Waals surface area contributed by atoms with Crippen molar-refractivity contribution in [3.63, 3.8) is 0 Å². The number of benzene rings is 1. The van der Waals surface area contributed by atoms with Gasteiger partial charge in [0.2, 0.25) is 0 Å². The Morgan fingerprint density at radius 3 is 2.68 bits per heavy atom. The molecular formula is C19H23N3O5S. The van der Waals surface area contributed by atoms with Gasteiger partial charge in [0, 0.05) is 11.4 Å². The molecule has 0 atom stereocenters. The third kappa shape index (κ3) is 4.30. The zero-order chi connectivity index (χ0) is 20.1. The highest BCUT2D eigenvalue weighted by Gasteiger charge is 2.52. The Morgan fingerprint density at radius 1 is 1.25 bits per heavy atom. The number of thioether (sulfide) groups is 1. The molecular weight excluding hydrogens is 382 g/mol. The molecule has 2 fully saturated rings. The lowest BCUT2D eigenvalue weighted by molar-refractivity contribution is -0.147. The zero-order valence-electron chi connectivity index (χ0n) is 15.7. The summed E-state index contributed by atoms with van der Waals surface area (Å²) in [5, 5.41) is 5.46. The Balaban J connectivity index is 1.44. The monoisotopic (exact) mass is 405 g/mol. The van der Waals surface area contributed by atoms with Gasteiger partial charge in [-0.2, -0.15) is 0 Å². The molecule has 1 heterocycles. The standard InChI is InChI=1S/C19H23N3O5S/c1-28-14-7-3-2-6-13(14)20-15(23)12-27-16(24)8-11-22-17(25)19(21-18(22)26)9-4-5-10-19/h2-3,6-7H,4-5,8-12H2,1H3,(H,20,23)(H,21,26). The van der Waals surface area contributed by atoms with Crippen molar-refractivity contribution in [2.45, 2.75) is 42.5 Å². The van der Waals surface area contributed by atoms with Gasteiger partial charge in [-0.25, -0.2) is 4.79 Å². The number of nitrogens with zero attached hydrogens (tertiary/aromatic N) is 1. The van der Waals surface area contributed by atoms with E-state index in [2.05, 4.69) is 10.6 Å². The first-order chi connectivity index (χ1) is 13.4. The number of amides is 4. The second-order valence-corrected chi connectivity index (χ2v) is 7.68. The van der Waals surface area contributed by atoms with Gasteiger partial charge in [-0.15, -0.1) is 11.8 Å². The maximum Gasteiger partial charge on any atom is 0.325 e. The molecule has 1 spiro atoms. The molecule has 4 amide bonds. The van der Waals surface area contributed by atoms with Crippen LogP contribution in [-0.2, 0) is 19.1 Å². The van der Waals surface area contributed by atoms with E-state index < -0.39 is 30.1 Å². The molecule has 8 nitrogen and oxygen atoms in total. The molecule has 0 aromatic heterocycles. The highest BCUT2D eigenvalue weighted by molar-refractivity contribution is 7.98. The highest BCUT2D eigenvalue weighted by atomic mass is 32.2. The number of ether oxygens (including phenoxy) is 1. The van der Waals surface area contributed by atoms with Crippen LogP contribution in [0.15, 0.2) is 29.2 Å². The van der Waals surface area contributed by atoms with Crippen LogP contribution in [0.25, 0.3) is 0 Å². The number of anilines is 1. The largest absolute Gasteiger partial charge is 0.456 e. The van der Waals surface area contributed by atoms with E-state index in [9.17, 15) is 19.2 Å². The van der Waals surface area contributed by atoms with Crippen LogP contribution in [0.1, 0.15) is 32.1 Å². The Labute approximate surface area is 167 Å². The SMILES string of the molecule is CSc1ccccc1NC(=O)COC(=O)CCN1C(=O)NC2(CCCC2)C1=O. The smallest absolute Gasteiger partial charge is 0.325 e. The van der Waals surface area contributed by atoms with Gasteiger partial charge in [0.05, 0.1) is 12.1 Å². The lowest BCUT2D eigenvalue weighted by Gasteiger charge is -2.19. The quantitative estimate of drug-likeness (QED) is 0.409. The van der Waals surface area contributed by atoms with Gasteiger partial charge in [0.15, 0.2) is 6.61 Å². The lowest BCUT2D eigenvalue weighted by atomic mass is 9.98. The average molecular weight is 405 g/mol. The first kappa shape index (κ1) is 20.2. The summed E-state index contributed by atoms with van der Waals surface area (Å²) in [5.41, 5.74) is -0.136. The molecule has 2 N–H and O–H groups in total. The maximum absolute atomic E-state index is 12.5. The van der Waals surface area contributed by atoms with Crippen LogP contribution in [0.4, 0.5) is 10.5 Å². The number of carbonyl (C=O) groups excluding carboxylic acids is 4. The Bertz CT molecular complexity index is 792. The van der Waals surface area contributed by atoms with Crippen molar-refractivity contribution in [2.75, 3.05) is 24.7 Å². The molecule has 1 aromatic rings. The number of esters is 1. The van der Waals surface area contributed by atoms with Crippen LogP contribution >= 0.6 is 11.8 Å². The predicted octanol–water partition coefficient (Wildman–Crippen LogP) is 2.14. The minimum Gasteiger partial charge on any atom is -0.456 e. The van der Waals surface area contributed by atoms with Gasteiger partial charge in [-0.05, 0) is 31.2 Å². The number of nitrogens with one attached hydrogen (secondary N) is 2. The summed E-state index contributed by atoms with van der Waals surface area (Å²) in [6.45, 7) is -0.478. The van der Waals surface area contributed by atoms with E-state index in [-0.39, 0.29) is 18.9 Å². The maximum atomic E-state index is 12.5. The van der Waals surface area contributed by atoms with Crippen LogP contribution in [0.3, 0.4) is 0 Å². The van der Waals surface area contributed by atoms with E-state index in [0.29, 0.717) is 18.5 Å². The van der Waals surface area contributed by atoms with Crippen molar-refractivity contribution in [3.05, 3.63) is 24.3 Å². The second kappa shape index (κ2) is 8.64. The summed E-state index contributed by atoms with van der Waals surface area (Å²) in [7, 11) is 0. The van der Waals surface area contributed by atoms with E-state index in [1.165, 1.54) is 11.8 Å². The fourth-order valence-electron chi connectivity index (χ4n) is 3.55. The van der Waals surface area contributed by atoms with Crippen molar-refractivity contribution in [1.82, 2.24) is 10.2 Å². The Morgan fingerprint density at radius 2 is 1.96 bits per heavy atom. The van der Waals surface area contributed by atoms with Crippen molar-refractivity contribution >= 4 is 41.3 Å². The molecule has 0 radical (unpaired) electrons. The Hall–Kier alpha value is -2.55. The fraction of sp³-hybridized carbons (Fsp3) is 0.474. The van der Waals surface area contributed by atoms with Crippen LogP contribution in [0.5, 0.6) is 0 Å². The minimum absolute atomic E-state index is 0.0534. The van der Waals surface area contributed by atoms with E-state index in [4.69, 9.17) is 4.74 Å². The molecule has 2 aliphatic rings. The molecule has 9 heteroatoms. The number of carbonyl (C=O) groups is 4. The topological polar surface area (TPSA) is 105 Å². The molecule has 0 unspecified atom stereocenters. The molecule has 28 heavy (non-hydrogen) atoms. The van der Waals surface area contributed by atoms with Crippen LogP contribution in [0.2, 0.25) is 0 Å². The molecule has 1 saturated carbocycles. The van der Waals surface area contributed by atoms with Gasteiger partial charge in [0.1, 0.15) is 5.54 Å². The second-order valence-electron chi connectivity index (χ2n) is 6.84. The van der Waals surface area contributed by atoms with Gasteiger partial charge in [0.25, 0.3) is 11.8 Å². The molecule has 0 bridgehead atoms. The third-order valence-electron chi connectivity index (χ3n) is 4.99. The van der Waals surface area contributed by atoms with E-state index in [0.717, 1.165) is 22.6 Å². The van der Waals surface area contributed by atoms with Gasteiger partial charge in [-0.3, -0.25) is 19.3 Å². The molecule has 1 saturated heterocycles. The van der Waals surface area contributed by atoms with E-state index >= 15 is 0 Å². The summed E-state index contributed by atoms with van der Waals surface area (Å²) in [6.07, 6.45) is 4.82. The first-order valence-electron chi connectivity index (χ1n) is 9.18. The number of urea groups is 1. The molecule has 3 rings (SSSR count). The van der Waals surface area contributed by atoms with Gasteiger partial charge in [-0.1, -0.05) is 25.0 Å². The number of imide groups is 1. The molecule has 150 valence electrons. The van der Waals surface area contributed by atoms with Crippen LogP contribution in [0, 0.1) is 0 Å². The number of rotatable bonds is 7. The molecule has 1 aromatic carbocycles. The van der Waals surface area contributed by atoms with Crippen molar-refractivity contribution in [3.8, 4) is 0 Å². The van der Waals surface area contributed by atoms with Crippen molar-refractivity contribution in [2.24, 2.45) is 0 Å². The summed E-state index contributed by atoms with van der Waals surface area (Å²) in [6, 6.07) is 6.85. The number of para-hydroxylation sites is 1. The molecule has 1 aliphatic heterocycles. The summed E-state index contributed by atoms with van der Waals surface area (Å²) >= 11 is 1.49. The fourth-order valence-corrected chi connectivity index (χ4v) is 4.11. The van der Waals surface area contributed by atoms with E-state index in [1.54, 1.807) is 12.1 Å². The van der Waals surface area contributed by atoms with Crippen LogP contribution < -0.4 is 10.6 Å².